The number of benzene rings is 7. The van der Waals surface area contributed by atoms with Crippen molar-refractivity contribution in [2.75, 3.05) is 4.90 Å². The van der Waals surface area contributed by atoms with E-state index in [-0.39, 0.29) is 0 Å². The van der Waals surface area contributed by atoms with Gasteiger partial charge in [0, 0.05) is 55.4 Å². The third-order valence-corrected chi connectivity index (χ3v) is 8.37. The SMILES string of the molecule is c1ccc2c(c1)ccc1c(N(c3ccc4c(c3)[nH]c3ccccc34)c3ccc4c(c3)oc3ccccc34)cccc12. The number of hydrogen-bond donors (Lipinski definition) is 1. The minimum atomic E-state index is 0.881. The second-order valence-corrected chi connectivity index (χ2v) is 10.7. The summed E-state index contributed by atoms with van der Waals surface area (Å²) in [5, 5.41) is 9.66. The zero-order valence-corrected chi connectivity index (χ0v) is 22.1. The molecule has 0 spiro atoms. The Labute approximate surface area is 235 Å². The number of H-pyrrole nitrogens is 1. The molecule has 192 valence electrons. The molecule has 0 aliphatic heterocycles. The summed E-state index contributed by atoms with van der Waals surface area (Å²) >= 11 is 0. The predicted octanol–water partition coefficient (Wildman–Crippen LogP) is 11.0. The summed E-state index contributed by atoms with van der Waals surface area (Å²) in [6.07, 6.45) is 0. The Balaban J connectivity index is 1.33. The largest absolute Gasteiger partial charge is 0.456 e. The zero-order chi connectivity index (χ0) is 26.9. The highest BCUT2D eigenvalue weighted by Gasteiger charge is 2.19. The van der Waals surface area contributed by atoms with Crippen molar-refractivity contribution in [2.45, 2.75) is 0 Å². The van der Waals surface area contributed by atoms with Crippen LogP contribution in [0.15, 0.2) is 144 Å². The molecule has 0 amide bonds. The van der Waals surface area contributed by atoms with E-state index < -0.39 is 0 Å². The van der Waals surface area contributed by atoms with Crippen LogP contribution in [0.4, 0.5) is 17.1 Å². The minimum Gasteiger partial charge on any atom is -0.456 e. The molecule has 1 N–H and O–H groups in total. The molecule has 0 aliphatic carbocycles. The van der Waals surface area contributed by atoms with Crippen LogP contribution in [0.3, 0.4) is 0 Å². The fraction of sp³-hybridized carbons (Fsp3) is 0. The van der Waals surface area contributed by atoms with Crippen molar-refractivity contribution in [1.29, 1.82) is 0 Å². The third kappa shape index (κ3) is 3.33. The zero-order valence-electron chi connectivity index (χ0n) is 22.1. The Morgan fingerprint density at radius 2 is 1.07 bits per heavy atom. The summed E-state index contributed by atoms with van der Waals surface area (Å²) in [5.41, 5.74) is 7.30. The predicted molar refractivity (Wildman–Crippen MR) is 173 cm³/mol. The molecule has 0 unspecified atom stereocenters. The lowest BCUT2D eigenvalue weighted by Gasteiger charge is -2.27. The van der Waals surface area contributed by atoms with Crippen LogP contribution < -0.4 is 4.90 Å². The van der Waals surface area contributed by atoms with Gasteiger partial charge in [0.1, 0.15) is 11.2 Å². The summed E-state index contributed by atoms with van der Waals surface area (Å²) < 4.78 is 6.34. The number of fused-ring (bicyclic) bond motifs is 9. The van der Waals surface area contributed by atoms with Crippen LogP contribution in [0.5, 0.6) is 0 Å². The molecule has 0 bridgehead atoms. The van der Waals surface area contributed by atoms with Gasteiger partial charge in [-0.25, -0.2) is 0 Å². The van der Waals surface area contributed by atoms with Gasteiger partial charge in [0.2, 0.25) is 0 Å². The first kappa shape index (κ1) is 22.3. The molecule has 0 fully saturated rings. The van der Waals surface area contributed by atoms with E-state index in [0.717, 1.165) is 50.0 Å². The molecular formula is C38H24N2O. The highest BCUT2D eigenvalue weighted by Crippen LogP contribution is 2.43. The van der Waals surface area contributed by atoms with Crippen LogP contribution >= 0.6 is 0 Å². The first-order chi connectivity index (χ1) is 20.3. The average Bonchev–Trinajstić information content (AvgIpc) is 3.59. The topological polar surface area (TPSA) is 32.2 Å². The molecule has 9 rings (SSSR count). The summed E-state index contributed by atoms with van der Waals surface area (Å²) in [4.78, 5) is 6.00. The van der Waals surface area contributed by atoms with Crippen LogP contribution in [0.25, 0.3) is 65.3 Å². The normalized spacial score (nSPS) is 11.9. The quantitative estimate of drug-likeness (QED) is 0.233. The van der Waals surface area contributed by atoms with Crippen LogP contribution in [0.2, 0.25) is 0 Å². The molecule has 9 aromatic rings. The van der Waals surface area contributed by atoms with Crippen molar-refractivity contribution in [3.63, 3.8) is 0 Å². The van der Waals surface area contributed by atoms with Gasteiger partial charge < -0.3 is 14.3 Å². The van der Waals surface area contributed by atoms with Crippen LogP contribution in [-0.2, 0) is 0 Å². The molecular weight excluding hydrogens is 500 g/mol. The number of aromatic amines is 1. The summed E-state index contributed by atoms with van der Waals surface area (Å²) in [7, 11) is 0. The van der Waals surface area contributed by atoms with E-state index in [1.807, 2.05) is 12.1 Å². The Bertz CT molecular complexity index is 2330. The molecule has 7 aromatic carbocycles. The number of furan rings is 1. The van der Waals surface area contributed by atoms with E-state index in [4.69, 9.17) is 4.42 Å². The van der Waals surface area contributed by atoms with Crippen LogP contribution in [0, 0.1) is 0 Å². The highest BCUT2D eigenvalue weighted by atomic mass is 16.3. The number of nitrogens with zero attached hydrogens (tertiary/aromatic N) is 1. The summed E-state index contributed by atoms with van der Waals surface area (Å²) in [6.45, 7) is 0. The van der Waals surface area contributed by atoms with E-state index in [9.17, 15) is 0 Å². The van der Waals surface area contributed by atoms with Crippen LogP contribution in [-0.4, -0.2) is 4.98 Å². The lowest BCUT2D eigenvalue weighted by molar-refractivity contribution is 0.669. The Hall–Kier alpha value is -5.54. The van der Waals surface area contributed by atoms with E-state index in [2.05, 4.69) is 137 Å². The second kappa shape index (κ2) is 8.48. The first-order valence-electron chi connectivity index (χ1n) is 13.9. The van der Waals surface area contributed by atoms with Gasteiger partial charge in [0.25, 0.3) is 0 Å². The molecule has 3 nitrogen and oxygen atoms in total. The maximum Gasteiger partial charge on any atom is 0.137 e. The summed E-state index contributed by atoms with van der Waals surface area (Å²) in [6, 6.07) is 49.7. The van der Waals surface area contributed by atoms with Crippen molar-refractivity contribution in [3.05, 3.63) is 140 Å². The molecule has 2 heterocycles. The van der Waals surface area contributed by atoms with Crippen molar-refractivity contribution >= 4 is 82.4 Å². The van der Waals surface area contributed by atoms with Crippen molar-refractivity contribution in [3.8, 4) is 0 Å². The highest BCUT2D eigenvalue weighted by molar-refractivity contribution is 6.14. The number of nitrogens with one attached hydrogen (secondary N) is 1. The van der Waals surface area contributed by atoms with Gasteiger partial charge in [-0.2, -0.15) is 0 Å². The monoisotopic (exact) mass is 524 g/mol. The van der Waals surface area contributed by atoms with Gasteiger partial charge in [-0.15, -0.1) is 0 Å². The number of aromatic nitrogens is 1. The van der Waals surface area contributed by atoms with E-state index in [1.54, 1.807) is 0 Å². The summed E-state index contributed by atoms with van der Waals surface area (Å²) in [5.74, 6) is 0. The minimum absolute atomic E-state index is 0.881. The molecule has 0 aliphatic rings. The Morgan fingerprint density at radius 1 is 0.415 bits per heavy atom. The van der Waals surface area contributed by atoms with E-state index >= 15 is 0 Å². The molecule has 3 heteroatoms. The smallest absolute Gasteiger partial charge is 0.137 e. The average molecular weight is 525 g/mol. The van der Waals surface area contributed by atoms with Gasteiger partial charge in [0.05, 0.1) is 5.69 Å². The number of para-hydroxylation sites is 2. The van der Waals surface area contributed by atoms with Gasteiger partial charge in [-0.3, -0.25) is 0 Å². The van der Waals surface area contributed by atoms with E-state index in [0.29, 0.717) is 0 Å². The number of anilines is 3. The van der Waals surface area contributed by atoms with Crippen molar-refractivity contribution in [1.82, 2.24) is 4.98 Å². The van der Waals surface area contributed by atoms with Crippen molar-refractivity contribution < 1.29 is 4.42 Å². The molecule has 0 saturated heterocycles. The lowest BCUT2D eigenvalue weighted by Crippen LogP contribution is -2.10. The molecule has 0 atom stereocenters. The molecule has 0 saturated carbocycles. The lowest BCUT2D eigenvalue weighted by atomic mass is 9.99. The maximum atomic E-state index is 6.34. The Kier molecular flexibility index (Phi) is 4.61. The molecule has 41 heavy (non-hydrogen) atoms. The fourth-order valence-electron chi connectivity index (χ4n) is 6.48. The van der Waals surface area contributed by atoms with Gasteiger partial charge in [-0.1, -0.05) is 91.0 Å². The van der Waals surface area contributed by atoms with E-state index in [1.165, 1.54) is 32.3 Å². The number of rotatable bonds is 3. The number of hydrogen-bond acceptors (Lipinski definition) is 2. The second-order valence-electron chi connectivity index (χ2n) is 10.7. The fourth-order valence-corrected chi connectivity index (χ4v) is 6.48. The maximum absolute atomic E-state index is 6.34. The van der Waals surface area contributed by atoms with Gasteiger partial charge >= 0.3 is 0 Å². The van der Waals surface area contributed by atoms with Gasteiger partial charge in [0.15, 0.2) is 0 Å². The van der Waals surface area contributed by atoms with Crippen molar-refractivity contribution in [2.24, 2.45) is 0 Å². The molecule has 2 aromatic heterocycles. The van der Waals surface area contributed by atoms with Gasteiger partial charge in [-0.05, 0) is 58.6 Å². The standard InChI is InChI=1S/C38H24N2O/c1-2-9-27-24(8-1)16-19-31-28(27)12-7-14-36(31)40(25-17-20-30-29-10-3-5-13-34(29)39-35(30)22-25)26-18-21-33-32-11-4-6-15-37(32)41-38(33)23-26/h1-23,39H. The third-order valence-electron chi connectivity index (χ3n) is 8.37. The first-order valence-corrected chi connectivity index (χ1v) is 13.9. The molecule has 0 radical (unpaired) electrons. The van der Waals surface area contributed by atoms with Crippen LogP contribution in [0.1, 0.15) is 0 Å². The Morgan fingerprint density at radius 3 is 2.00 bits per heavy atom.